The van der Waals surface area contributed by atoms with E-state index in [0.717, 1.165) is 18.3 Å². The van der Waals surface area contributed by atoms with Crippen LogP contribution in [0.4, 0.5) is 0 Å². The van der Waals surface area contributed by atoms with Crippen molar-refractivity contribution in [2.24, 2.45) is 0 Å². The van der Waals surface area contributed by atoms with Gasteiger partial charge >= 0.3 is 5.97 Å². The van der Waals surface area contributed by atoms with E-state index in [1.165, 1.54) is 0 Å². The quantitative estimate of drug-likeness (QED) is 0.501. The first kappa shape index (κ1) is 18.5. The summed E-state index contributed by atoms with van der Waals surface area (Å²) in [5.41, 5.74) is 2.02. The molecule has 0 aliphatic carbocycles. The van der Waals surface area contributed by atoms with Gasteiger partial charge in [0.15, 0.2) is 0 Å². The molecule has 3 N–H and O–H groups in total. The third-order valence-corrected chi connectivity index (χ3v) is 4.62. The Hall–Kier alpha value is 0.490. The fraction of sp³-hybridized carbons (Fsp3) is 0.300. The van der Waals surface area contributed by atoms with Crippen molar-refractivity contribution in [3.8, 4) is 5.75 Å². The van der Waals surface area contributed by atoms with Gasteiger partial charge in [-0.15, -0.1) is 24.8 Å². The number of phenolic OH excluding ortho intramolecular Hbond substituents is 1. The number of rotatable bonds is 1. The molecule has 0 bridgehead atoms. The first-order valence-corrected chi connectivity index (χ1v) is 6.81. The van der Waals surface area contributed by atoms with E-state index in [-0.39, 0.29) is 30.6 Å². The molecule has 0 saturated heterocycles. The number of phenols is 1. The predicted octanol–water partition coefficient (Wildman–Crippen LogP) is 2.54. The molecule has 8 heteroatoms. The maximum absolute atomic E-state index is 10.9. The van der Waals surface area contributed by atoms with Gasteiger partial charge in [-0.2, -0.15) is 0 Å². The lowest BCUT2D eigenvalue weighted by atomic mass is 9.96. The van der Waals surface area contributed by atoms with Gasteiger partial charge in [0.25, 0.3) is 0 Å². The highest BCUT2D eigenvalue weighted by Gasteiger charge is 2.26. The lowest BCUT2D eigenvalue weighted by molar-refractivity contribution is -0.139. The second kappa shape index (κ2) is 7.32. The van der Waals surface area contributed by atoms with E-state index in [1.54, 1.807) is 0 Å². The number of benzene rings is 1. The van der Waals surface area contributed by atoms with Crippen LogP contribution in [-0.2, 0) is 17.8 Å². The number of carbonyl (C=O) groups is 1. The topological polar surface area (TPSA) is 69.6 Å². The molecule has 0 unspecified atom stereocenters. The second-order valence-electron chi connectivity index (χ2n) is 3.63. The van der Waals surface area contributed by atoms with Crippen molar-refractivity contribution >= 4 is 76.0 Å². The molecule has 0 aromatic heterocycles. The molecule has 2 rings (SSSR count). The van der Waals surface area contributed by atoms with Crippen LogP contribution in [0.25, 0.3) is 0 Å². The highest BCUT2D eigenvalue weighted by Crippen LogP contribution is 2.33. The molecule has 0 saturated carbocycles. The standard InChI is InChI=1S/C10H9I2NO3.2ClH/c11-6-1-4-2-7(10(15)16)13-3-5(4)8(12)9(6)14;;/h1,7,13-14H,2-3H2,(H,15,16);2*1H/t7-;;/m0../s1. The van der Waals surface area contributed by atoms with Crippen molar-refractivity contribution in [1.29, 1.82) is 0 Å². The van der Waals surface area contributed by atoms with E-state index < -0.39 is 12.0 Å². The molecule has 0 spiro atoms. The van der Waals surface area contributed by atoms with Crippen molar-refractivity contribution in [1.82, 2.24) is 5.32 Å². The van der Waals surface area contributed by atoms with Gasteiger partial charge in [-0.05, 0) is 68.8 Å². The molecule has 1 aromatic carbocycles. The Morgan fingerprint density at radius 1 is 1.39 bits per heavy atom. The van der Waals surface area contributed by atoms with E-state index in [1.807, 2.05) is 6.07 Å². The summed E-state index contributed by atoms with van der Waals surface area (Å²) in [6.07, 6.45) is 0.469. The maximum atomic E-state index is 10.9. The summed E-state index contributed by atoms with van der Waals surface area (Å²) < 4.78 is 1.59. The largest absolute Gasteiger partial charge is 0.506 e. The summed E-state index contributed by atoms with van der Waals surface area (Å²) in [6.45, 7) is 0.495. The highest BCUT2D eigenvalue weighted by molar-refractivity contribution is 14.1. The molecule has 1 aromatic rings. The van der Waals surface area contributed by atoms with Gasteiger partial charge in [-0.1, -0.05) is 0 Å². The van der Waals surface area contributed by atoms with Crippen LogP contribution in [0.1, 0.15) is 11.1 Å². The van der Waals surface area contributed by atoms with Gasteiger partial charge in [0, 0.05) is 6.54 Å². The first-order valence-electron chi connectivity index (χ1n) is 4.65. The van der Waals surface area contributed by atoms with Crippen molar-refractivity contribution in [2.75, 3.05) is 0 Å². The Morgan fingerprint density at radius 3 is 2.56 bits per heavy atom. The summed E-state index contributed by atoms with van der Waals surface area (Å²) in [7, 11) is 0. The lowest BCUT2D eigenvalue weighted by Crippen LogP contribution is -2.42. The Labute approximate surface area is 144 Å². The second-order valence-corrected chi connectivity index (χ2v) is 5.88. The molecule has 0 amide bonds. The van der Waals surface area contributed by atoms with E-state index in [9.17, 15) is 9.90 Å². The number of fused-ring (bicyclic) bond motifs is 1. The van der Waals surface area contributed by atoms with Crippen LogP contribution in [0.3, 0.4) is 0 Å². The molecule has 1 aliphatic heterocycles. The Kier molecular flexibility index (Phi) is 7.52. The molecular formula is C10H11Cl2I2NO3. The Bertz CT molecular complexity index is 471. The average Bonchev–Trinajstić information content (AvgIpc) is 2.25. The van der Waals surface area contributed by atoms with Gasteiger partial charge in [0.2, 0.25) is 0 Å². The molecule has 0 radical (unpaired) electrons. The van der Waals surface area contributed by atoms with Gasteiger partial charge in [-0.3, -0.25) is 10.1 Å². The van der Waals surface area contributed by atoms with Crippen LogP contribution in [0.15, 0.2) is 6.07 Å². The Balaban J connectivity index is 0.00000144. The third kappa shape index (κ3) is 3.53. The molecule has 18 heavy (non-hydrogen) atoms. The molecular weight excluding hydrogens is 507 g/mol. The number of aliphatic carboxylic acids is 1. The SMILES string of the molecule is Cl.Cl.O=C(O)[C@@H]1Cc2cc(I)c(O)c(I)c2CN1. The summed E-state index contributed by atoms with van der Waals surface area (Å²) in [5.74, 6) is -0.542. The van der Waals surface area contributed by atoms with Crippen molar-refractivity contribution in [2.45, 2.75) is 19.0 Å². The van der Waals surface area contributed by atoms with Crippen molar-refractivity contribution < 1.29 is 15.0 Å². The normalized spacial score (nSPS) is 17.1. The summed E-state index contributed by atoms with van der Waals surface area (Å²) >= 11 is 4.15. The fourth-order valence-electron chi connectivity index (χ4n) is 1.76. The Morgan fingerprint density at radius 2 is 2.00 bits per heavy atom. The molecule has 4 nitrogen and oxygen atoms in total. The highest BCUT2D eigenvalue weighted by atomic mass is 127. The minimum atomic E-state index is -0.830. The lowest BCUT2D eigenvalue weighted by Gasteiger charge is -2.24. The van der Waals surface area contributed by atoms with Crippen LogP contribution >= 0.6 is 70.0 Å². The van der Waals surface area contributed by atoms with E-state index in [4.69, 9.17) is 5.11 Å². The summed E-state index contributed by atoms with van der Waals surface area (Å²) in [4.78, 5) is 10.9. The maximum Gasteiger partial charge on any atom is 0.321 e. The zero-order chi connectivity index (χ0) is 11.9. The van der Waals surface area contributed by atoms with Crippen LogP contribution in [-0.4, -0.2) is 22.2 Å². The average molecular weight is 518 g/mol. The molecule has 102 valence electrons. The van der Waals surface area contributed by atoms with Gasteiger partial charge in [-0.25, -0.2) is 0 Å². The summed E-state index contributed by atoms with van der Waals surface area (Å²) in [5, 5.41) is 21.7. The van der Waals surface area contributed by atoms with E-state index >= 15 is 0 Å². The number of carboxylic acid groups (broad SMARTS) is 1. The van der Waals surface area contributed by atoms with Crippen LogP contribution < -0.4 is 5.32 Å². The third-order valence-electron chi connectivity index (χ3n) is 2.64. The van der Waals surface area contributed by atoms with Crippen LogP contribution in [0.2, 0.25) is 0 Å². The first-order chi connectivity index (χ1) is 7.50. The van der Waals surface area contributed by atoms with Crippen LogP contribution in [0.5, 0.6) is 5.75 Å². The number of hydrogen-bond acceptors (Lipinski definition) is 3. The monoisotopic (exact) mass is 517 g/mol. The van der Waals surface area contributed by atoms with Gasteiger partial charge < -0.3 is 10.2 Å². The fourth-order valence-corrected chi connectivity index (χ4v) is 3.75. The van der Waals surface area contributed by atoms with E-state index in [2.05, 4.69) is 50.5 Å². The van der Waals surface area contributed by atoms with Gasteiger partial charge in [0.1, 0.15) is 11.8 Å². The van der Waals surface area contributed by atoms with Crippen molar-refractivity contribution in [3.63, 3.8) is 0 Å². The zero-order valence-corrected chi connectivity index (χ0v) is 14.9. The smallest absolute Gasteiger partial charge is 0.321 e. The minimum Gasteiger partial charge on any atom is -0.506 e. The predicted molar refractivity (Wildman–Crippen MR) is 90.0 cm³/mol. The molecule has 1 aliphatic rings. The zero-order valence-electron chi connectivity index (χ0n) is 8.94. The minimum absolute atomic E-state index is 0. The number of hydrogen-bond donors (Lipinski definition) is 3. The molecule has 0 fully saturated rings. The van der Waals surface area contributed by atoms with E-state index in [0.29, 0.717) is 13.0 Å². The molecule has 1 heterocycles. The summed E-state index contributed by atoms with van der Waals surface area (Å²) in [6, 6.07) is 1.34. The molecule has 1 atom stereocenters. The number of aromatic hydroxyl groups is 1. The van der Waals surface area contributed by atoms with Crippen molar-refractivity contribution in [3.05, 3.63) is 24.3 Å². The number of carboxylic acids is 1. The van der Waals surface area contributed by atoms with Gasteiger partial charge in [0.05, 0.1) is 7.14 Å². The number of nitrogens with one attached hydrogen (secondary N) is 1. The number of halogens is 4. The van der Waals surface area contributed by atoms with Crippen LogP contribution in [0, 0.1) is 7.14 Å².